The molecule has 1 amide bonds. The highest BCUT2D eigenvalue weighted by atomic mass is 19.1. The van der Waals surface area contributed by atoms with Gasteiger partial charge in [-0.1, -0.05) is 6.07 Å². The normalized spacial score (nSPS) is 13.9. The molecular weight excluding hydrogens is 456 g/mol. The summed E-state index contributed by atoms with van der Waals surface area (Å²) in [7, 11) is 1.93. The Labute approximate surface area is 199 Å². The van der Waals surface area contributed by atoms with E-state index >= 15 is 0 Å². The van der Waals surface area contributed by atoms with Gasteiger partial charge in [-0.05, 0) is 37.3 Å². The molecule has 2 aromatic carbocycles. The Hall–Kier alpha value is -4.12. The van der Waals surface area contributed by atoms with Gasteiger partial charge in [0.25, 0.3) is 11.5 Å². The van der Waals surface area contributed by atoms with E-state index in [2.05, 4.69) is 20.6 Å². The summed E-state index contributed by atoms with van der Waals surface area (Å²) in [6.45, 7) is 4.95. The van der Waals surface area contributed by atoms with E-state index in [9.17, 15) is 18.4 Å². The van der Waals surface area contributed by atoms with Crippen molar-refractivity contribution in [3.05, 3.63) is 76.0 Å². The van der Waals surface area contributed by atoms with Crippen LogP contribution in [0.25, 0.3) is 16.7 Å². The van der Waals surface area contributed by atoms with Crippen LogP contribution in [-0.2, 0) is 7.05 Å². The van der Waals surface area contributed by atoms with Gasteiger partial charge in [-0.15, -0.1) is 0 Å². The van der Waals surface area contributed by atoms with Crippen molar-refractivity contribution in [2.45, 2.75) is 6.92 Å². The number of carbonyl (C=O) groups excluding carboxylic acids is 1. The lowest BCUT2D eigenvalue weighted by Gasteiger charge is -2.31. The van der Waals surface area contributed by atoms with E-state index in [0.29, 0.717) is 10.4 Å². The minimum atomic E-state index is -0.964. The zero-order valence-electron chi connectivity index (χ0n) is 19.2. The van der Waals surface area contributed by atoms with Crippen LogP contribution in [-0.4, -0.2) is 51.4 Å². The predicted octanol–water partition coefficient (Wildman–Crippen LogP) is 2.37. The molecule has 0 radical (unpaired) electrons. The highest BCUT2D eigenvalue weighted by Crippen LogP contribution is 2.35. The summed E-state index contributed by atoms with van der Waals surface area (Å²) < 4.78 is 31.1. The van der Waals surface area contributed by atoms with Crippen LogP contribution in [0.1, 0.15) is 16.3 Å². The van der Waals surface area contributed by atoms with Crippen molar-refractivity contribution in [2.24, 2.45) is 7.05 Å². The van der Waals surface area contributed by atoms with E-state index in [1.54, 1.807) is 6.07 Å². The monoisotopic (exact) mass is 479 g/mol. The lowest BCUT2D eigenvalue weighted by atomic mass is 10.1. The third kappa shape index (κ3) is 4.03. The summed E-state index contributed by atoms with van der Waals surface area (Å²) >= 11 is 0. The third-order valence-corrected chi connectivity index (χ3v) is 6.11. The number of imidazole rings is 1. The number of piperazine rings is 1. The lowest BCUT2D eigenvalue weighted by molar-refractivity contribution is 0.102. The number of anilines is 2. The van der Waals surface area contributed by atoms with E-state index in [-0.39, 0.29) is 5.69 Å². The lowest BCUT2D eigenvalue weighted by Crippen LogP contribution is -2.44. The van der Waals surface area contributed by atoms with Crippen LogP contribution in [0.3, 0.4) is 0 Å². The Bertz CT molecular complexity index is 1490. The molecule has 1 fully saturated rings. The number of amides is 1. The number of rotatable bonds is 4. The topological polar surface area (TPSA) is 97.1 Å². The first kappa shape index (κ1) is 22.7. The number of aromatic nitrogens is 4. The van der Waals surface area contributed by atoms with Crippen LogP contribution < -0.4 is 21.1 Å². The van der Waals surface area contributed by atoms with Gasteiger partial charge in [-0.2, -0.15) is 9.78 Å². The highest BCUT2D eigenvalue weighted by Gasteiger charge is 2.23. The summed E-state index contributed by atoms with van der Waals surface area (Å²) in [5.74, 6) is -1.72. The van der Waals surface area contributed by atoms with Gasteiger partial charge in [0, 0.05) is 39.3 Å². The number of benzene rings is 2. The van der Waals surface area contributed by atoms with Gasteiger partial charge in [0.05, 0.1) is 16.9 Å². The summed E-state index contributed by atoms with van der Waals surface area (Å²) in [5.41, 5.74) is 1.42. The summed E-state index contributed by atoms with van der Waals surface area (Å²) in [6.07, 6.45) is 0. The average molecular weight is 479 g/mol. The molecule has 1 saturated heterocycles. The van der Waals surface area contributed by atoms with Crippen molar-refractivity contribution in [1.29, 1.82) is 0 Å². The first-order valence-electron chi connectivity index (χ1n) is 11.1. The Morgan fingerprint density at radius 3 is 2.46 bits per heavy atom. The second kappa shape index (κ2) is 8.91. The van der Waals surface area contributed by atoms with E-state index in [0.717, 1.165) is 66.9 Å². The van der Waals surface area contributed by atoms with Gasteiger partial charge in [-0.25, -0.2) is 13.8 Å². The Kier molecular flexibility index (Phi) is 5.77. The molecule has 0 unspecified atom stereocenters. The highest BCUT2D eigenvalue weighted by molar-refractivity contribution is 6.08. The maximum absolute atomic E-state index is 14.3. The smallest absolute Gasteiger partial charge is 0.276 e. The fourth-order valence-electron chi connectivity index (χ4n) is 4.24. The first-order chi connectivity index (χ1) is 16.8. The van der Waals surface area contributed by atoms with Crippen LogP contribution in [0.2, 0.25) is 0 Å². The van der Waals surface area contributed by atoms with E-state index in [4.69, 9.17) is 4.98 Å². The SMILES string of the molecule is Cc1nc2c(N3CCNCC3)c(NC(=O)c3ccc(=O)n(-c4c(F)cccc4F)n3)ccc2n1C. The molecule has 35 heavy (non-hydrogen) atoms. The van der Waals surface area contributed by atoms with Gasteiger partial charge in [0.1, 0.15) is 22.7 Å². The molecular formula is C24H23F2N7O2. The molecule has 0 bridgehead atoms. The van der Waals surface area contributed by atoms with Gasteiger partial charge < -0.3 is 20.1 Å². The largest absolute Gasteiger partial charge is 0.365 e. The third-order valence-electron chi connectivity index (χ3n) is 6.11. The standard InChI is InChI=1S/C24H23F2N7O2/c1-14-28-21-19(31(14)2)8-6-17(23(21)32-12-10-27-11-13-32)29-24(35)18-7-9-20(34)33(30-18)22-15(25)4-3-5-16(22)26/h3-9,27H,10-13H2,1-2H3,(H,29,35). The van der Waals surface area contributed by atoms with Crippen LogP contribution in [0.15, 0.2) is 47.3 Å². The van der Waals surface area contributed by atoms with Crippen molar-refractivity contribution in [3.63, 3.8) is 0 Å². The number of para-hydroxylation sites is 1. The minimum absolute atomic E-state index is 0.171. The minimum Gasteiger partial charge on any atom is -0.365 e. The molecule has 0 atom stereocenters. The zero-order valence-corrected chi connectivity index (χ0v) is 19.2. The molecule has 2 aromatic heterocycles. The Morgan fingerprint density at radius 1 is 1.03 bits per heavy atom. The average Bonchev–Trinajstić information content (AvgIpc) is 3.13. The van der Waals surface area contributed by atoms with Crippen molar-refractivity contribution in [1.82, 2.24) is 24.6 Å². The number of halogens is 2. The number of nitrogens with one attached hydrogen (secondary N) is 2. The van der Waals surface area contributed by atoms with Crippen LogP contribution in [0, 0.1) is 18.6 Å². The predicted molar refractivity (Wildman–Crippen MR) is 128 cm³/mol. The molecule has 0 saturated carbocycles. The quantitative estimate of drug-likeness (QED) is 0.467. The van der Waals surface area contributed by atoms with Gasteiger partial charge in [0.2, 0.25) is 0 Å². The van der Waals surface area contributed by atoms with E-state index < -0.39 is 28.8 Å². The van der Waals surface area contributed by atoms with Crippen molar-refractivity contribution in [3.8, 4) is 5.69 Å². The number of fused-ring (bicyclic) bond motifs is 1. The molecule has 180 valence electrons. The second-order valence-corrected chi connectivity index (χ2v) is 8.28. The number of nitrogens with zero attached hydrogens (tertiary/aromatic N) is 5. The van der Waals surface area contributed by atoms with Crippen molar-refractivity contribution < 1.29 is 13.6 Å². The van der Waals surface area contributed by atoms with E-state index in [1.165, 1.54) is 12.1 Å². The molecule has 0 spiro atoms. The fourth-order valence-corrected chi connectivity index (χ4v) is 4.24. The molecule has 11 heteroatoms. The molecule has 9 nitrogen and oxygen atoms in total. The zero-order chi connectivity index (χ0) is 24.7. The second-order valence-electron chi connectivity index (χ2n) is 8.28. The number of hydrogen-bond acceptors (Lipinski definition) is 6. The maximum atomic E-state index is 14.3. The molecule has 5 rings (SSSR count). The fraction of sp³-hybridized carbons (Fsp3) is 0.250. The first-order valence-corrected chi connectivity index (χ1v) is 11.1. The molecule has 2 N–H and O–H groups in total. The van der Waals surface area contributed by atoms with E-state index in [1.807, 2.05) is 24.6 Å². The van der Waals surface area contributed by atoms with Crippen molar-refractivity contribution >= 4 is 28.3 Å². The van der Waals surface area contributed by atoms with Gasteiger partial charge in [0.15, 0.2) is 11.6 Å². The number of aryl methyl sites for hydroxylation is 2. The molecule has 3 heterocycles. The van der Waals surface area contributed by atoms with Crippen LogP contribution >= 0.6 is 0 Å². The number of hydrogen-bond donors (Lipinski definition) is 2. The van der Waals surface area contributed by atoms with Gasteiger partial charge >= 0.3 is 0 Å². The van der Waals surface area contributed by atoms with Crippen LogP contribution in [0.4, 0.5) is 20.2 Å². The maximum Gasteiger partial charge on any atom is 0.276 e. The van der Waals surface area contributed by atoms with Crippen LogP contribution in [0.5, 0.6) is 0 Å². The van der Waals surface area contributed by atoms with Gasteiger partial charge in [-0.3, -0.25) is 9.59 Å². The molecule has 1 aliphatic heterocycles. The van der Waals surface area contributed by atoms with Crippen molar-refractivity contribution in [2.75, 3.05) is 36.4 Å². The molecule has 1 aliphatic rings. The summed E-state index contributed by atoms with van der Waals surface area (Å²) in [6, 6.07) is 9.16. The molecule has 0 aliphatic carbocycles. The Morgan fingerprint density at radius 2 is 1.74 bits per heavy atom. The Balaban J connectivity index is 1.56. The molecule has 4 aromatic rings. The number of carbonyl (C=O) groups is 1. The summed E-state index contributed by atoms with van der Waals surface area (Å²) in [5, 5.41) is 10.1. The summed E-state index contributed by atoms with van der Waals surface area (Å²) in [4.78, 5) is 32.4.